The van der Waals surface area contributed by atoms with Crippen LogP contribution in [0.4, 0.5) is 0 Å². The summed E-state index contributed by atoms with van der Waals surface area (Å²) in [6.07, 6.45) is 0. The van der Waals surface area contributed by atoms with Crippen molar-refractivity contribution in [1.82, 2.24) is 4.90 Å². The minimum atomic E-state index is -0.581. The van der Waals surface area contributed by atoms with E-state index in [-0.39, 0.29) is 17.1 Å². The molecule has 0 bridgehead atoms. The number of aryl methyl sites for hydroxylation is 1. The fraction of sp³-hybridized carbons (Fsp3) is 0.120. The van der Waals surface area contributed by atoms with Gasteiger partial charge >= 0.3 is 0 Å². The molecule has 1 aliphatic heterocycles. The predicted molar refractivity (Wildman–Crippen MR) is 125 cm³/mol. The Labute approximate surface area is 192 Å². The Kier molecular flexibility index (Phi) is 4.95. The average Bonchev–Trinajstić information content (AvgIpc) is 3.02. The second kappa shape index (κ2) is 7.66. The van der Waals surface area contributed by atoms with Crippen LogP contribution < -0.4 is 5.43 Å². The number of carbonyl (C=O) groups excluding carboxylic acids is 1. The summed E-state index contributed by atoms with van der Waals surface area (Å²) in [5.41, 5.74) is 3.42. The lowest BCUT2D eigenvalue weighted by molar-refractivity contribution is 0.0714. The molecule has 154 valence electrons. The molecule has 5 rings (SSSR count). The smallest absolute Gasteiger partial charge is 0.291 e. The summed E-state index contributed by atoms with van der Waals surface area (Å²) in [7, 11) is 0. The van der Waals surface area contributed by atoms with Gasteiger partial charge in [0.2, 0.25) is 5.76 Å². The van der Waals surface area contributed by atoms with Gasteiger partial charge in [-0.05, 0) is 48.4 Å². The molecule has 1 unspecified atom stereocenters. The minimum absolute atomic E-state index is 0.0944. The van der Waals surface area contributed by atoms with Gasteiger partial charge in [-0.2, -0.15) is 0 Å². The maximum Gasteiger partial charge on any atom is 0.291 e. The van der Waals surface area contributed by atoms with Gasteiger partial charge < -0.3 is 9.32 Å². The van der Waals surface area contributed by atoms with E-state index in [0.29, 0.717) is 28.1 Å². The van der Waals surface area contributed by atoms with E-state index in [1.165, 1.54) is 0 Å². The topological polar surface area (TPSA) is 50.5 Å². The van der Waals surface area contributed by atoms with Gasteiger partial charge in [-0.25, -0.2) is 0 Å². The third-order valence-corrected chi connectivity index (χ3v) is 6.29. The SMILES string of the molecule is Cc1ccc(CN2C(=O)c3oc4ccc(Br)cc4c(=O)c3C2c2cccc(Cl)c2)cc1. The number of carbonyl (C=O) groups is 1. The van der Waals surface area contributed by atoms with Crippen molar-refractivity contribution in [3.8, 4) is 0 Å². The molecule has 4 aromatic rings. The number of hydrogen-bond acceptors (Lipinski definition) is 3. The van der Waals surface area contributed by atoms with E-state index in [1.807, 2.05) is 43.3 Å². The third kappa shape index (κ3) is 3.48. The number of rotatable bonds is 3. The first-order valence-corrected chi connectivity index (χ1v) is 11.0. The summed E-state index contributed by atoms with van der Waals surface area (Å²) in [5.74, 6) is -0.209. The maximum atomic E-state index is 13.5. The highest BCUT2D eigenvalue weighted by molar-refractivity contribution is 9.10. The monoisotopic (exact) mass is 493 g/mol. The number of amides is 1. The molecule has 1 atom stereocenters. The molecule has 1 aromatic heterocycles. The van der Waals surface area contributed by atoms with Crippen LogP contribution in [0.25, 0.3) is 11.0 Å². The second-order valence-electron chi connectivity index (χ2n) is 7.69. The number of halogens is 2. The van der Waals surface area contributed by atoms with Crippen LogP contribution in [0.15, 0.2) is 80.4 Å². The fourth-order valence-corrected chi connectivity index (χ4v) is 4.63. The highest BCUT2D eigenvalue weighted by Gasteiger charge is 2.42. The van der Waals surface area contributed by atoms with Crippen LogP contribution in [-0.2, 0) is 6.54 Å². The van der Waals surface area contributed by atoms with Crippen molar-refractivity contribution in [3.05, 3.63) is 114 Å². The van der Waals surface area contributed by atoms with Crippen molar-refractivity contribution < 1.29 is 9.21 Å². The summed E-state index contributed by atoms with van der Waals surface area (Å²) < 4.78 is 6.75. The minimum Gasteiger partial charge on any atom is -0.450 e. The summed E-state index contributed by atoms with van der Waals surface area (Å²) in [6, 6.07) is 19.9. The van der Waals surface area contributed by atoms with Crippen LogP contribution in [-0.4, -0.2) is 10.8 Å². The fourth-order valence-electron chi connectivity index (χ4n) is 4.07. The Morgan fingerprint density at radius 3 is 2.55 bits per heavy atom. The molecular formula is C25H17BrClNO3. The second-order valence-corrected chi connectivity index (χ2v) is 9.04. The largest absolute Gasteiger partial charge is 0.450 e. The molecule has 0 spiro atoms. The Morgan fingerprint density at radius 1 is 1.03 bits per heavy atom. The summed E-state index contributed by atoms with van der Waals surface area (Å²) in [6.45, 7) is 2.36. The van der Waals surface area contributed by atoms with Gasteiger partial charge in [-0.1, -0.05) is 69.5 Å². The standard InChI is InChI=1S/C25H17BrClNO3/c1-14-5-7-15(8-6-14)13-28-22(16-3-2-4-18(27)11-16)21-23(29)19-12-17(26)9-10-20(19)31-24(21)25(28)30/h2-12,22H,13H2,1H3. The normalized spacial score (nSPS) is 15.5. The van der Waals surface area contributed by atoms with E-state index in [0.717, 1.165) is 21.2 Å². The Hall–Kier alpha value is -2.89. The summed E-state index contributed by atoms with van der Waals surface area (Å²) in [4.78, 5) is 28.7. The number of fused-ring (bicyclic) bond motifs is 2. The summed E-state index contributed by atoms with van der Waals surface area (Å²) in [5, 5.41) is 0.978. The van der Waals surface area contributed by atoms with Gasteiger partial charge in [-0.3, -0.25) is 9.59 Å². The number of hydrogen-bond donors (Lipinski definition) is 0. The first-order chi connectivity index (χ1) is 14.9. The van der Waals surface area contributed by atoms with Crippen LogP contribution in [0.5, 0.6) is 0 Å². The van der Waals surface area contributed by atoms with Gasteiger partial charge in [0.25, 0.3) is 5.91 Å². The number of nitrogens with zero attached hydrogens (tertiary/aromatic N) is 1. The zero-order valence-electron chi connectivity index (χ0n) is 16.6. The van der Waals surface area contributed by atoms with E-state index < -0.39 is 6.04 Å². The Bertz CT molecular complexity index is 1390. The lowest BCUT2D eigenvalue weighted by atomic mass is 9.98. The van der Waals surface area contributed by atoms with Crippen molar-refractivity contribution in [3.63, 3.8) is 0 Å². The van der Waals surface area contributed by atoms with Crippen LogP contribution in [0.1, 0.15) is 38.9 Å². The van der Waals surface area contributed by atoms with E-state index in [2.05, 4.69) is 15.9 Å². The van der Waals surface area contributed by atoms with E-state index >= 15 is 0 Å². The molecule has 2 heterocycles. The van der Waals surface area contributed by atoms with Gasteiger partial charge in [0.05, 0.1) is 17.0 Å². The molecule has 31 heavy (non-hydrogen) atoms. The van der Waals surface area contributed by atoms with Gasteiger partial charge in [0.15, 0.2) is 5.43 Å². The zero-order valence-corrected chi connectivity index (χ0v) is 18.9. The maximum absolute atomic E-state index is 13.5. The van der Waals surface area contributed by atoms with Crippen LogP contribution in [0.3, 0.4) is 0 Å². The van der Waals surface area contributed by atoms with Crippen molar-refractivity contribution in [2.45, 2.75) is 19.5 Å². The molecule has 0 fully saturated rings. The number of benzene rings is 3. The lowest BCUT2D eigenvalue weighted by Crippen LogP contribution is -2.29. The molecule has 0 saturated heterocycles. The first kappa shape index (κ1) is 20.0. The molecule has 0 N–H and O–H groups in total. The molecule has 6 heteroatoms. The third-order valence-electron chi connectivity index (χ3n) is 5.57. The molecule has 3 aromatic carbocycles. The van der Waals surface area contributed by atoms with Crippen LogP contribution in [0, 0.1) is 6.92 Å². The Morgan fingerprint density at radius 2 is 1.81 bits per heavy atom. The molecule has 1 aliphatic rings. The highest BCUT2D eigenvalue weighted by Crippen LogP contribution is 2.40. The van der Waals surface area contributed by atoms with E-state index in [1.54, 1.807) is 35.2 Å². The highest BCUT2D eigenvalue weighted by atomic mass is 79.9. The summed E-state index contributed by atoms with van der Waals surface area (Å²) >= 11 is 9.67. The molecule has 1 amide bonds. The average molecular weight is 495 g/mol. The molecule has 0 aliphatic carbocycles. The van der Waals surface area contributed by atoms with Crippen molar-refractivity contribution in [1.29, 1.82) is 0 Å². The Balaban J connectivity index is 1.73. The zero-order chi connectivity index (χ0) is 21.7. The molecule has 4 nitrogen and oxygen atoms in total. The van der Waals surface area contributed by atoms with Crippen LogP contribution in [0.2, 0.25) is 5.02 Å². The lowest BCUT2D eigenvalue weighted by Gasteiger charge is -2.25. The van der Waals surface area contributed by atoms with E-state index in [9.17, 15) is 9.59 Å². The predicted octanol–water partition coefficient (Wildman–Crippen LogP) is 6.26. The van der Waals surface area contributed by atoms with Crippen LogP contribution >= 0.6 is 27.5 Å². The molecular weight excluding hydrogens is 478 g/mol. The first-order valence-electron chi connectivity index (χ1n) is 9.80. The molecule has 0 saturated carbocycles. The van der Waals surface area contributed by atoms with Crippen molar-refractivity contribution >= 4 is 44.4 Å². The molecule has 0 radical (unpaired) electrons. The van der Waals surface area contributed by atoms with Crippen molar-refractivity contribution in [2.75, 3.05) is 0 Å². The van der Waals surface area contributed by atoms with Gasteiger partial charge in [0.1, 0.15) is 5.58 Å². The van der Waals surface area contributed by atoms with Gasteiger partial charge in [-0.15, -0.1) is 0 Å². The van der Waals surface area contributed by atoms with E-state index in [4.69, 9.17) is 16.0 Å². The van der Waals surface area contributed by atoms with Crippen molar-refractivity contribution in [2.24, 2.45) is 0 Å². The quantitative estimate of drug-likeness (QED) is 0.338. The van der Waals surface area contributed by atoms with Gasteiger partial charge in [0, 0.05) is 16.0 Å².